The minimum Gasteiger partial charge on any atom is -0.506 e. The number of phenols is 1. The minimum atomic E-state index is -0.438. The largest absolute Gasteiger partial charge is 0.506 e. The molecule has 0 atom stereocenters. The van der Waals surface area contributed by atoms with Gasteiger partial charge >= 0.3 is 0 Å². The number of hydrogen-bond donors (Lipinski definition) is 1. The zero-order chi connectivity index (χ0) is 14.9. The molecule has 1 N–H and O–H groups in total. The Labute approximate surface area is 141 Å². The first-order valence-corrected chi connectivity index (χ1v) is 7.99. The number of terminal acetylenes is 1. The van der Waals surface area contributed by atoms with E-state index in [1.54, 1.807) is 12.1 Å². The molecule has 2 amide bonds. The van der Waals surface area contributed by atoms with Gasteiger partial charge in [-0.25, -0.2) is 0 Å². The zero-order valence-corrected chi connectivity index (χ0v) is 14.5. The fraction of sp³-hybridized carbons (Fsp3) is 0.0769. The van der Waals surface area contributed by atoms with Crippen LogP contribution in [0.25, 0.3) is 6.08 Å². The number of benzene rings is 1. The highest BCUT2D eigenvalue weighted by Gasteiger charge is 2.34. The molecule has 0 aliphatic carbocycles. The monoisotopic (exact) mass is 463 g/mol. The summed E-state index contributed by atoms with van der Waals surface area (Å²) in [5.74, 6) is 1.90. The van der Waals surface area contributed by atoms with Gasteiger partial charge in [-0.2, -0.15) is 0 Å². The topological polar surface area (TPSA) is 57.6 Å². The van der Waals surface area contributed by atoms with Crippen molar-refractivity contribution >= 4 is 67.5 Å². The van der Waals surface area contributed by atoms with Crippen LogP contribution in [0.15, 0.2) is 21.5 Å². The quantitative estimate of drug-likeness (QED) is 0.414. The Morgan fingerprint density at radius 2 is 2.20 bits per heavy atom. The first-order chi connectivity index (χ1) is 9.43. The van der Waals surface area contributed by atoms with Crippen molar-refractivity contribution in [2.75, 3.05) is 6.54 Å². The van der Waals surface area contributed by atoms with Crippen molar-refractivity contribution in [2.45, 2.75) is 0 Å². The first kappa shape index (κ1) is 15.4. The summed E-state index contributed by atoms with van der Waals surface area (Å²) < 4.78 is 1.42. The van der Waals surface area contributed by atoms with E-state index in [4.69, 9.17) is 6.42 Å². The van der Waals surface area contributed by atoms with E-state index >= 15 is 0 Å². The van der Waals surface area contributed by atoms with Crippen LogP contribution < -0.4 is 0 Å². The number of hydrogen-bond acceptors (Lipinski definition) is 4. The molecule has 2 rings (SSSR count). The second-order valence-corrected chi connectivity index (χ2v) is 6.87. The molecule has 1 aliphatic heterocycles. The van der Waals surface area contributed by atoms with Crippen LogP contribution in [0, 0.1) is 15.9 Å². The molecule has 4 nitrogen and oxygen atoms in total. The summed E-state index contributed by atoms with van der Waals surface area (Å²) in [6.45, 7) is -0.0516. The fourth-order valence-corrected chi connectivity index (χ4v) is 3.94. The van der Waals surface area contributed by atoms with E-state index in [0.29, 0.717) is 9.13 Å². The van der Waals surface area contributed by atoms with Crippen LogP contribution in [-0.4, -0.2) is 27.7 Å². The highest BCUT2D eigenvalue weighted by Crippen LogP contribution is 2.36. The van der Waals surface area contributed by atoms with Gasteiger partial charge in [0.2, 0.25) is 0 Å². The number of rotatable bonds is 2. The van der Waals surface area contributed by atoms with Crippen LogP contribution in [0.3, 0.4) is 0 Å². The van der Waals surface area contributed by atoms with Gasteiger partial charge in [0.25, 0.3) is 11.1 Å². The van der Waals surface area contributed by atoms with Gasteiger partial charge in [0, 0.05) is 10.0 Å². The number of imide groups is 1. The Bertz CT molecular complexity index is 681. The summed E-state index contributed by atoms with van der Waals surface area (Å²) in [7, 11) is 0. The summed E-state index contributed by atoms with van der Waals surface area (Å²) >= 11 is 6.11. The lowest BCUT2D eigenvalue weighted by Crippen LogP contribution is -2.28. The van der Waals surface area contributed by atoms with Gasteiger partial charge in [0.15, 0.2) is 0 Å². The molecule has 1 aromatic carbocycles. The van der Waals surface area contributed by atoms with Gasteiger partial charge in [-0.05, 0) is 52.6 Å². The Hall–Kier alpha value is -0.980. The molecule has 0 bridgehead atoms. The Kier molecular flexibility index (Phi) is 4.78. The van der Waals surface area contributed by atoms with Crippen LogP contribution in [-0.2, 0) is 4.79 Å². The van der Waals surface area contributed by atoms with E-state index in [9.17, 15) is 14.7 Å². The van der Waals surface area contributed by atoms with E-state index in [1.807, 2.05) is 22.6 Å². The lowest BCUT2D eigenvalue weighted by atomic mass is 10.2. The third kappa shape index (κ3) is 3.02. The maximum atomic E-state index is 12.0. The summed E-state index contributed by atoms with van der Waals surface area (Å²) in [5, 5.41) is 9.58. The van der Waals surface area contributed by atoms with E-state index < -0.39 is 11.1 Å². The predicted octanol–water partition coefficient (Wildman–Crippen LogP) is 3.43. The molecule has 0 unspecified atom stereocenters. The Morgan fingerprint density at radius 3 is 2.85 bits per heavy atom. The number of carbonyl (C=O) groups is 2. The highest BCUT2D eigenvalue weighted by atomic mass is 127. The van der Waals surface area contributed by atoms with Gasteiger partial charge in [-0.15, -0.1) is 6.42 Å². The van der Waals surface area contributed by atoms with Crippen LogP contribution in [0.2, 0.25) is 0 Å². The lowest BCUT2D eigenvalue weighted by molar-refractivity contribution is -0.122. The Morgan fingerprint density at radius 1 is 1.50 bits per heavy atom. The van der Waals surface area contributed by atoms with Crippen LogP contribution in [0.4, 0.5) is 4.79 Å². The van der Waals surface area contributed by atoms with Crippen molar-refractivity contribution in [1.82, 2.24) is 4.90 Å². The zero-order valence-electron chi connectivity index (χ0n) is 9.89. The first-order valence-electron chi connectivity index (χ1n) is 5.31. The number of thioether (sulfide) groups is 1. The van der Waals surface area contributed by atoms with Gasteiger partial charge in [0.1, 0.15) is 5.75 Å². The molecule has 102 valence electrons. The number of amides is 2. The summed E-state index contributed by atoms with van der Waals surface area (Å²) in [5.41, 5.74) is 0.468. The number of carbonyl (C=O) groups excluding carboxylic acids is 2. The second-order valence-electron chi connectivity index (χ2n) is 3.80. The van der Waals surface area contributed by atoms with Crippen LogP contribution in [0.5, 0.6) is 5.75 Å². The second kappa shape index (κ2) is 6.20. The third-order valence-corrected chi connectivity index (χ3v) is 4.65. The molecule has 1 aromatic rings. The van der Waals surface area contributed by atoms with E-state index in [2.05, 4.69) is 21.9 Å². The maximum Gasteiger partial charge on any atom is 0.294 e. The van der Waals surface area contributed by atoms with E-state index in [1.165, 1.54) is 6.08 Å². The van der Waals surface area contributed by atoms with Crippen LogP contribution >= 0.6 is 50.3 Å². The normalized spacial score (nSPS) is 16.9. The molecule has 0 aromatic heterocycles. The SMILES string of the molecule is C#CCN1C(=O)SC(=Cc2cc(Br)cc(I)c2O)C1=O. The van der Waals surface area contributed by atoms with Crippen LogP contribution in [0.1, 0.15) is 5.56 Å². The predicted molar refractivity (Wildman–Crippen MR) is 90.0 cm³/mol. The molecular weight excluding hydrogens is 457 g/mol. The van der Waals surface area contributed by atoms with Crippen molar-refractivity contribution in [2.24, 2.45) is 0 Å². The van der Waals surface area contributed by atoms with Gasteiger partial charge < -0.3 is 5.11 Å². The molecule has 0 saturated carbocycles. The average molecular weight is 464 g/mol. The van der Waals surface area contributed by atoms with E-state index in [-0.39, 0.29) is 17.2 Å². The van der Waals surface area contributed by atoms with Crippen molar-refractivity contribution in [1.29, 1.82) is 0 Å². The fourth-order valence-electron chi connectivity index (χ4n) is 1.56. The van der Waals surface area contributed by atoms with Crippen molar-refractivity contribution < 1.29 is 14.7 Å². The molecule has 0 radical (unpaired) electrons. The minimum absolute atomic E-state index is 0.0516. The number of nitrogens with zero attached hydrogens (tertiary/aromatic N) is 1. The van der Waals surface area contributed by atoms with Gasteiger partial charge in [-0.1, -0.05) is 21.9 Å². The molecule has 1 fully saturated rings. The number of aromatic hydroxyl groups is 1. The molecule has 0 spiro atoms. The highest BCUT2D eigenvalue weighted by molar-refractivity contribution is 14.1. The maximum absolute atomic E-state index is 12.0. The van der Waals surface area contributed by atoms with Crippen molar-refractivity contribution in [3.63, 3.8) is 0 Å². The molecular formula is C13H7BrINO3S. The molecule has 7 heteroatoms. The third-order valence-electron chi connectivity index (χ3n) is 2.47. The molecule has 1 aliphatic rings. The van der Waals surface area contributed by atoms with Gasteiger partial charge in [-0.3, -0.25) is 14.5 Å². The standard InChI is InChI=1S/C13H7BrINO3S/c1-2-3-16-12(18)10(20-13(16)19)5-7-4-8(14)6-9(15)11(7)17/h1,4-6,17H,3H2. The average Bonchev–Trinajstić information content (AvgIpc) is 2.63. The lowest BCUT2D eigenvalue weighted by Gasteiger charge is -2.07. The molecule has 20 heavy (non-hydrogen) atoms. The van der Waals surface area contributed by atoms with Crippen molar-refractivity contribution in [3.8, 4) is 18.1 Å². The number of phenolic OH excluding ortho intramolecular Hbond substituents is 1. The molecule has 1 heterocycles. The van der Waals surface area contributed by atoms with Crippen molar-refractivity contribution in [3.05, 3.63) is 30.6 Å². The van der Waals surface area contributed by atoms with Gasteiger partial charge in [0.05, 0.1) is 15.0 Å². The summed E-state index contributed by atoms with van der Waals surface area (Å²) in [6, 6.07) is 3.42. The smallest absolute Gasteiger partial charge is 0.294 e. The summed E-state index contributed by atoms with van der Waals surface area (Å²) in [4.78, 5) is 24.9. The van der Waals surface area contributed by atoms with E-state index in [0.717, 1.165) is 21.1 Å². The molecule has 1 saturated heterocycles. The Balaban J connectivity index is 2.41. The number of halogens is 2. The summed E-state index contributed by atoms with van der Waals surface area (Å²) in [6.07, 6.45) is 6.61.